The average Bonchev–Trinajstić information content (AvgIpc) is 2.52. The Labute approximate surface area is 142 Å². The zero-order valence-corrected chi connectivity index (χ0v) is 13.5. The summed E-state index contributed by atoms with van der Waals surface area (Å²) in [5, 5.41) is 5.23. The molecule has 2 amide bonds. The molecular weight excluding hydrogens is 339 g/mol. The Balaban J connectivity index is 2.04. The van der Waals surface area contributed by atoms with E-state index >= 15 is 0 Å². The third-order valence-electron chi connectivity index (χ3n) is 2.96. The van der Waals surface area contributed by atoms with E-state index in [1.165, 1.54) is 25.1 Å². The molecule has 0 aliphatic heterocycles. The molecule has 0 aliphatic carbocycles. The minimum absolute atomic E-state index is 0.0868. The lowest BCUT2D eigenvalue weighted by Crippen LogP contribution is -2.29. The molecule has 0 atom stereocenters. The lowest BCUT2D eigenvalue weighted by atomic mass is 10.1. The molecule has 118 valence electrons. The van der Waals surface area contributed by atoms with Gasteiger partial charge in [-0.05, 0) is 43.3 Å². The number of hydrogen-bond donors (Lipinski definition) is 2. The molecule has 0 aliphatic rings. The lowest BCUT2D eigenvalue weighted by molar-refractivity contribution is -0.132. The molecule has 0 unspecified atom stereocenters. The zero-order valence-electron chi connectivity index (χ0n) is 12.0. The van der Waals surface area contributed by atoms with Crippen LogP contribution in [0.1, 0.15) is 17.3 Å². The summed E-state index contributed by atoms with van der Waals surface area (Å²) < 4.78 is 0. The van der Waals surface area contributed by atoms with E-state index in [9.17, 15) is 14.4 Å². The largest absolute Gasteiger partial charge is 0.318 e. The lowest BCUT2D eigenvalue weighted by Gasteiger charge is -2.09. The Morgan fingerprint density at radius 1 is 0.870 bits per heavy atom. The summed E-state index contributed by atoms with van der Waals surface area (Å²) in [6.07, 6.45) is 0. The Hall–Kier alpha value is -2.37. The topological polar surface area (TPSA) is 75.3 Å². The number of rotatable bonds is 3. The van der Waals surface area contributed by atoms with Crippen LogP contribution >= 0.6 is 23.2 Å². The Morgan fingerprint density at radius 2 is 1.48 bits per heavy atom. The summed E-state index contributed by atoms with van der Waals surface area (Å²) in [6, 6.07) is 10.9. The highest BCUT2D eigenvalue weighted by molar-refractivity contribution is 6.47. The van der Waals surface area contributed by atoms with E-state index in [4.69, 9.17) is 23.2 Å². The predicted molar refractivity (Wildman–Crippen MR) is 90.2 cm³/mol. The van der Waals surface area contributed by atoms with Gasteiger partial charge in [0.2, 0.25) is 0 Å². The van der Waals surface area contributed by atoms with Crippen molar-refractivity contribution in [2.45, 2.75) is 6.92 Å². The fraction of sp³-hybridized carbons (Fsp3) is 0.0625. The standard InChI is InChI=1S/C16H12Cl2N2O3/c1-9(21)10-5-7-11(8-6-10)19-15(22)16(23)20-13-4-2-3-12(17)14(13)18/h2-8H,1H3,(H,19,22)(H,20,23). The number of Topliss-reactive ketones (excluding diaryl/α,β-unsaturated/α-hetero) is 1. The predicted octanol–water partition coefficient (Wildman–Crippen LogP) is 3.77. The fourth-order valence-corrected chi connectivity index (χ4v) is 2.10. The molecule has 0 saturated carbocycles. The van der Waals surface area contributed by atoms with Crippen molar-refractivity contribution in [2.24, 2.45) is 0 Å². The smallest absolute Gasteiger partial charge is 0.314 e. The molecule has 5 nitrogen and oxygen atoms in total. The monoisotopic (exact) mass is 350 g/mol. The van der Waals surface area contributed by atoms with Crippen molar-refractivity contribution in [2.75, 3.05) is 10.6 Å². The van der Waals surface area contributed by atoms with Crippen LogP contribution < -0.4 is 10.6 Å². The molecule has 0 fully saturated rings. The molecule has 0 spiro atoms. The summed E-state index contributed by atoms with van der Waals surface area (Å²) in [5.41, 5.74) is 1.15. The number of benzene rings is 2. The summed E-state index contributed by atoms with van der Waals surface area (Å²) in [4.78, 5) is 34.9. The molecule has 0 bridgehead atoms. The number of carbonyl (C=O) groups is 3. The van der Waals surface area contributed by atoms with Gasteiger partial charge in [0.25, 0.3) is 0 Å². The SMILES string of the molecule is CC(=O)c1ccc(NC(=O)C(=O)Nc2cccc(Cl)c2Cl)cc1. The van der Waals surface area contributed by atoms with Gasteiger partial charge in [-0.3, -0.25) is 14.4 Å². The minimum Gasteiger partial charge on any atom is -0.318 e. The van der Waals surface area contributed by atoms with Gasteiger partial charge in [0.1, 0.15) is 0 Å². The molecule has 0 aromatic heterocycles. The Kier molecular flexibility index (Phi) is 5.36. The van der Waals surface area contributed by atoms with Gasteiger partial charge in [-0.25, -0.2) is 0 Å². The van der Waals surface area contributed by atoms with Crippen molar-refractivity contribution in [3.05, 3.63) is 58.1 Å². The first kappa shape index (κ1) is 17.0. The first-order chi connectivity index (χ1) is 10.9. The zero-order chi connectivity index (χ0) is 17.0. The van der Waals surface area contributed by atoms with E-state index in [0.29, 0.717) is 11.3 Å². The number of carbonyl (C=O) groups excluding carboxylic acids is 3. The maximum absolute atomic E-state index is 11.9. The van der Waals surface area contributed by atoms with E-state index in [0.717, 1.165) is 0 Å². The molecule has 7 heteroatoms. The number of nitrogens with one attached hydrogen (secondary N) is 2. The number of amides is 2. The Morgan fingerprint density at radius 3 is 2.09 bits per heavy atom. The second kappa shape index (κ2) is 7.26. The summed E-state index contributed by atoms with van der Waals surface area (Å²) in [5.74, 6) is -1.84. The van der Waals surface area contributed by atoms with Gasteiger partial charge < -0.3 is 10.6 Å². The van der Waals surface area contributed by atoms with Gasteiger partial charge in [0.05, 0.1) is 15.7 Å². The Bertz CT molecular complexity index is 773. The van der Waals surface area contributed by atoms with Crippen molar-refractivity contribution in [3.63, 3.8) is 0 Å². The van der Waals surface area contributed by atoms with Gasteiger partial charge in [-0.2, -0.15) is 0 Å². The molecule has 0 heterocycles. The number of ketones is 1. The third kappa shape index (κ3) is 4.31. The highest BCUT2D eigenvalue weighted by Crippen LogP contribution is 2.29. The van der Waals surface area contributed by atoms with Gasteiger partial charge in [0.15, 0.2) is 5.78 Å². The third-order valence-corrected chi connectivity index (χ3v) is 3.77. The van der Waals surface area contributed by atoms with Crippen molar-refractivity contribution < 1.29 is 14.4 Å². The maximum Gasteiger partial charge on any atom is 0.314 e. The highest BCUT2D eigenvalue weighted by atomic mass is 35.5. The number of hydrogen-bond acceptors (Lipinski definition) is 3. The van der Waals surface area contributed by atoms with Crippen LogP contribution in [0.25, 0.3) is 0 Å². The fourth-order valence-electron chi connectivity index (χ4n) is 1.76. The number of anilines is 2. The summed E-state index contributed by atoms with van der Waals surface area (Å²) >= 11 is 11.8. The highest BCUT2D eigenvalue weighted by Gasteiger charge is 2.16. The van der Waals surface area contributed by atoms with E-state index in [1.54, 1.807) is 24.3 Å². The van der Waals surface area contributed by atoms with Crippen molar-refractivity contribution in [1.82, 2.24) is 0 Å². The van der Waals surface area contributed by atoms with Crippen molar-refractivity contribution in [1.29, 1.82) is 0 Å². The first-order valence-corrected chi connectivity index (χ1v) is 7.31. The normalized spacial score (nSPS) is 10.0. The van der Waals surface area contributed by atoms with Crippen LogP contribution in [0, 0.1) is 0 Å². The number of halogens is 2. The molecule has 2 N–H and O–H groups in total. The van der Waals surface area contributed by atoms with Crippen molar-refractivity contribution in [3.8, 4) is 0 Å². The van der Waals surface area contributed by atoms with E-state index in [1.807, 2.05) is 0 Å². The van der Waals surface area contributed by atoms with Crippen LogP contribution in [-0.2, 0) is 9.59 Å². The van der Waals surface area contributed by atoms with Gasteiger partial charge in [-0.15, -0.1) is 0 Å². The van der Waals surface area contributed by atoms with E-state index < -0.39 is 11.8 Å². The second-order valence-corrected chi connectivity index (χ2v) is 5.43. The van der Waals surface area contributed by atoms with Crippen LogP contribution in [-0.4, -0.2) is 17.6 Å². The van der Waals surface area contributed by atoms with Crippen molar-refractivity contribution >= 4 is 52.2 Å². The van der Waals surface area contributed by atoms with Crippen LogP contribution in [0.2, 0.25) is 10.0 Å². The maximum atomic E-state index is 11.9. The summed E-state index contributed by atoms with van der Waals surface area (Å²) in [7, 11) is 0. The molecule has 23 heavy (non-hydrogen) atoms. The molecule has 2 rings (SSSR count). The summed E-state index contributed by atoms with van der Waals surface area (Å²) in [6.45, 7) is 1.44. The molecule has 2 aromatic rings. The average molecular weight is 351 g/mol. The van der Waals surface area contributed by atoms with Crippen LogP contribution in [0.5, 0.6) is 0 Å². The molecular formula is C16H12Cl2N2O3. The quantitative estimate of drug-likeness (QED) is 0.653. The first-order valence-electron chi connectivity index (χ1n) is 6.56. The van der Waals surface area contributed by atoms with Gasteiger partial charge in [0, 0.05) is 11.3 Å². The van der Waals surface area contributed by atoms with Gasteiger partial charge in [-0.1, -0.05) is 29.3 Å². The molecule has 0 radical (unpaired) electrons. The van der Waals surface area contributed by atoms with E-state index in [-0.39, 0.29) is 21.5 Å². The van der Waals surface area contributed by atoms with Crippen LogP contribution in [0.4, 0.5) is 11.4 Å². The molecule has 2 aromatic carbocycles. The molecule has 0 saturated heterocycles. The van der Waals surface area contributed by atoms with Crippen LogP contribution in [0.15, 0.2) is 42.5 Å². The minimum atomic E-state index is -0.884. The van der Waals surface area contributed by atoms with E-state index in [2.05, 4.69) is 10.6 Å². The van der Waals surface area contributed by atoms with Gasteiger partial charge >= 0.3 is 11.8 Å². The second-order valence-electron chi connectivity index (χ2n) is 4.64. The van der Waals surface area contributed by atoms with Crippen LogP contribution in [0.3, 0.4) is 0 Å².